The van der Waals surface area contributed by atoms with Crippen molar-refractivity contribution in [2.75, 3.05) is 17.2 Å². The first-order valence-electron chi connectivity index (χ1n) is 16.7. The smallest absolute Gasteiger partial charge is 0.267 e. The number of hydrogen-bond acceptors (Lipinski definition) is 5. The van der Waals surface area contributed by atoms with Crippen molar-refractivity contribution in [2.24, 2.45) is 0 Å². The minimum atomic E-state index is -4.19. The van der Waals surface area contributed by atoms with Gasteiger partial charge < -0.3 is 4.90 Å². The lowest BCUT2D eigenvalue weighted by molar-refractivity contribution is -0.438. The first-order chi connectivity index (χ1) is 22.9. The van der Waals surface area contributed by atoms with Crippen LogP contribution in [0.25, 0.3) is 21.5 Å². The molecule has 2 aliphatic rings. The summed E-state index contributed by atoms with van der Waals surface area (Å²) < 4.78 is 69.0. The van der Waals surface area contributed by atoms with E-state index in [9.17, 15) is 25.9 Å². The van der Waals surface area contributed by atoms with Crippen LogP contribution in [0.15, 0.2) is 96.7 Å². The third-order valence-electron chi connectivity index (χ3n) is 10.5. The van der Waals surface area contributed by atoms with Gasteiger partial charge in [0.25, 0.3) is 20.2 Å². The van der Waals surface area contributed by atoms with Crippen molar-refractivity contribution in [3.05, 3.63) is 108 Å². The Kier molecular flexibility index (Phi) is 8.93. The first kappa shape index (κ1) is 35.0. The molecule has 4 aromatic rings. The molecule has 0 saturated heterocycles. The summed E-state index contributed by atoms with van der Waals surface area (Å²) in [5.41, 5.74) is 5.49. The van der Waals surface area contributed by atoms with Crippen molar-refractivity contribution in [1.82, 2.24) is 0 Å². The van der Waals surface area contributed by atoms with Gasteiger partial charge in [0, 0.05) is 47.0 Å². The van der Waals surface area contributed by atoms with Gasteiger partial charge in [-0.2, -0.15) is 21.4 Å². The van der Waals surface area contributed by atoms with E-state index in [1.807, 2.05) is 37.3 Å². The molecule has 0 saturated carbocycles. The van der Waals surface area contributed by atoms with Gasteiger partial charge in [0.05, 0.1) is 16.4 Å². The predicted molar refractivity (Wildman–Crippen MR) is 200 cm³/mol. The van der Waals surface area contributed by atoms with Gasteiger partial charge in [-0.15, -0.1) is 0 Å². The van der Waals surface area contributed by atoms with E-state index < -0.39 is 36.3 Å². The van der Waals surface area contributed by atoms with E-state index in [0.717, 1.165) is 55.5 Å². The van der Waals surface area contributed by atoms with Gasteiger partial charge in [0.1, 0.15) is 0 Å². The van der Waals surface area contributed by atoms with Gasteiger partial charge in [-0.25, -0.2) is 0 Å². The molecule has 0 aromatic heterocycles. The molecule has 0 amide bonds. The van der Waals surface area contributed by atoms with Crippen LogP contribution in [0.3, 0.4) is 0 Å². The molecule has 0 radical (unpaired) electrons. The van der Waals surface area contributed by atoms with Crippen LogP contribution >= 0.6 is 0 Å². The fraction of sp³-hybridized carbons (Fsp3) is 0.359. The first-order valence-corrected chi connectivity index (χ1v) is 19.8. The molecular weight excluding hydrogens is 657 g/mol. The van der Waals surface area contributed by atoms with Crippen LogP contribution < -0.4 is 4.90 Å². The van der Waals surface area contributed by atoms with E-state index in [1.54, 1.807) is 0 Å². The Morgan fingerprint density at radius 1 is 0.776 bits per heavy atom. The molecule has 2 atom stereocenters. The predicted octanol–water partition coefficient (Wildman–Crippen LogP) is 7.94. The second-order valence-corrected chi connectivity index (χ2v) is 17.9. The van der Waals surface area contributed by atoms with Gasteiger partial charge in [-0.1, -0.05) is 74.5 Å². The Hall–Kier alpha value is -3.83. The number of rotatable bonds is 10. The monoisotopic (exact) mass is 701 g/mol. The third-order valence-corrected chi connectivity index (χ3v) is 12.5. The fourth-order valence-electron chi connectivity index (χ4n) is 7.86. The van der Waals surface area contributed by atoms with Crippen LogP contribution in [0.1, 0.15) is 65.5 Å². The molecule has 10 heteroatoms. The summed E-state index contributed by atoms with van der Waals surface area (Å²) >= 11 is 0. The molecule has 4 aromatic carbocycles. The average molecular weight is 702 g/mol. The number of allylic oxidation sites excluding steroid dienone is 4. The summed E-state index contributed by atoms with van der Waals surface area (Å²) in [6.07, 6.45) is 6.72. The molecule has 8 nitrogen and oxygen atoms in total. The Bertz CT molecular complexity index is 2280. The van der Waals surface area contributed by atoms with Crippen molar-refractivity contribution in [3.63, 3.8) is 0 Å². The molecule has 2 N–H and O–H groups in total. The Morgan fingerprint density at radius 3 is 1.98 bits per heavy atom. The Balaban J connectivity index is 1.48. The maximum Gasteiger partial charge on any atom is 0.267 e. The summed E-state index contributed by atoms with van der Waals surface area (Å²) in [6, 6.07) is 24.7. The maximum atomic E-state index is 12.0. The van der Waals surface area contributed by atoms with Gasteiger partial charge in [0.2, 0.25) is 5.69 Å². The van der Waals surface area contributed by atoms with E-state index in [-0.39, 0.29) is 24.6 Å². The summed E-state index contributed by atoms with van der Waals surface area (Å²) in [6.45, 7) is 12.6. The second-order valence-electron chi connectivity index (χ2n) is 14.5. The molecule has 0 bridgehead atoms. The zero-order valence-electron chi connectivity index (χ0n) is 28.9. The highest BCUT2D eigenvalue weighted by Gasteiger charge is 2.46. The molecule has 49 heavy (non-hydrogen) atoms. The molecular formula is C39H45N2O6S2+. The zero-order chi connectivity index (χ0) is 35.5. The number of benzene rings is 4. The lowest BCUT2D eigenvalue weighted by Crippen LogP contribution is -2.35. The van der Waals surface area contributed by atoms with Crippen LogP contribution in [-0.4, -0.2) is 59.8 Å². The van der Waals surface area contributed by atoms with E-state index in [2.05, 4.69) is 97.9 Å². The molecule has 0 spiro atoms. The summed E-state index contributed by atoms with van der Waals surface area (Å²) in [5, 5.41) is 3.60. The molecule has 2 aliphatic heterocycles. The highest BCUT2D eigenvalue weighted by Crippen LogP contribution is 2.52. The van der Waals surface area contributed by atoms with Crippen molar-refractivity contribution in [2.45, 2.75) is 76.5 Å². The molecule has 258 valence electrons. The Labute approximate surface area is 290 Å². The molecule has 0 fully saturated rings. The van der Waals surface area contributed by atoms with Crippen LogP contribution in [0.5, 0.6) is 0 Å². The normalized spacial score (nSPS) is 19.3. The zero-order valence-corrected chi connectivity index (χ0v) is 30.5. The van der Waals surface area contributed by atoms with E-state index >= 15 is 0 Å². The number of fused-ring (bicyclic) bond motifs is 6. The minimum absolute atomic E-state index is 0.229. The summed E-state index contributed by atoms with van der Waals surface area (Å²) in [7, 11) is -8.33. The van der Waals surface area contributed by atoms with Gasteiger partial charge in [-0.05, 0) is 79.4 Å². The molecule has 2 heterocycles. The number of nitrogens with zero attached hydrogens (tertiary/aromatic N) is 2. The van der Waals surface area contributed by atoms with Gasteiger partial charge in [-0.3, -0.25) is 9.11 Å². The summed E-state index contributed by atoms with van der Waals surface area (Å²) in [4.78, 5) is 2.20. The molecule has 6 rings (SSSR count). The van der Waals surface area contributed by atoms with Crippen molar-refractivity contribution in [1.29, 1.82) is 0 Å². The second kappa shape index (κ2) is 12.5. The van der Waals surface area contributed by atoms with E-state index in [4.69, 9.17) is 0 Å². The lowest BCUT2D eigenvalue weighted by atomic mass is 9.79. The van der Waals surface area contributed by atoms with E-state index in [1.165, 1.54) is 6.92 Å². The molecule has 2 unspecified atom stereocenters. The standard InChI is InChI=1S/C39H44N2O6S2/c1-26(23-25-48(42,43)44)41-33-21-19-29-13-8-10-15-31(29)37(33)39(5,6)35(41)17-11-16-34-38(3,4)36-30-14-9-7-12-28(30)18-20-32(36)40(34)24-22-27(2)49(45,46)47/h7-21,26-27H,22-25H2,1-6H3,(H-,42,43,44,45,46,47)/p+1. The number of hydrogen-bond donors (Lipinski definition) is 2. The van der Waals surface area contributed by atoms with Crippen molar-refractivity contribution >= 4 is 58.9 Å². The third kappa shape index (κ3) is 6.36. The van der Waals surface area contributed by atoms with Gasteiger partial charge in [0.15, 0.2) is 12.3 Å². The maximum absolute atomic E-state index is 12.0. The highest BCUT2D eigenvalue weighted by molar-refractivity contribution is 7.86. The van der Waals surface area contributed by atoms with Crippen molar-refractivity contribution < 1.29 is 30.5 Å². The van der Waals surface area contributed by atoms with Crippen LogP contribution in [0, 0.1) is 0 Å². The largest absolute Gasteiger partial charge is 0.341 e. The molecule has 0 aliphatic carbocycles. The quantitative estimate of drug-likeness (QED) is 0.127. The highest BCUT2D eigenvalue weighted by atomic mass is 32.2. The van der Waals surface area contributed by atoms with E-state index in [0.29, 0.717) is 6.54 Å². The van der Waals surface area contributed by atoms with Gasteiger partial charge >= 0.3 is 0 Å². The fourth-order valence-corrected chi connectivity index (χ4v) is 8.90. The number of anilines is 1. The van der Waals surface area contributed by atoms with Crippen LogP contribution in [0.2, 0.25) is 0 Å². The topological polar surface area (TPSA) is 115 Å². The van der Waals surface area contributed by atoms with Crippen molar-refractivity contribution in [3.8, 4) is 0 Å². The van der Waals surface area contributed by atoms with Crippen LogP contribution in [0.4, 0.5) is 11.4 Å². The van der Waals surface area contributed by atoms with Crippen LogP contribution in [-0.2, 0) is 31.1 Å². The SMILES string of the molecule is CC(CCS(=O)(=O)O)N1C(=CC=CC2=[N+](CCC(C)S(=O)(=O)O)c3ccc4ccccc4c3C2(C)C)C(C)(C)c2c1ccc1ccccc21. The summed E-state index contributed by atoms with van der Waals surface area (Å²) in [5.74, 6) is -0.341. The Morgan fingerprint density at radius 2 is 1.37 bits per heavy atom. The lowest BCUT2D eigenvalue weighted by Gasteiger charge is -2.32. The minimum Gasteiger partial charge on any atom is -0.341 e. The average Bonchev–Trinajstić information content (AvgIpc) is 3.40.